The van der Waals surface area contributed by atoms with Crippen molar-refractivity contribution in [2.45, 2.75) is 12.5 Å². The third-order valence-electron chi connectivity index (χ3n) is 3.25. The summed E-state index contributed by atoms with van der Waals surface area (Å²) in [7, 11) is 0.471. The van der Waals surface area contributed by atoms with Crippen molar-refractivity contribution in [1.29, 1.82) is 0 Å². The number of aryl methyl sites for hydroxylation is 1. The maximum absolute atomic E-state index is 11.9. The first-order valence-corrected chi connectivity index (χ1v) is 7.83. The van der Waals surface area contributed by atoms with Crippen LogP contribution in [0.15, 0.2) is 18.5 Å². The van der Waals surface area contributed by atoms with Gasteiger partial charge in [0, 0.05) is 38.0 Å². The van der Waals surface area contributed by atoms with Crippen LogP contribution in [0.5, 0.6) is 0 Å². The van der Waals surface area contributed by atoms with Crippen LogP contribution in [-0.2, 0) is 21.7 Å². The minimum Gasteiger partial charge on any atom is -0.338 e. The Bertz CT molecular complexity index is 603. The first-order valence-electron chi connectivity index (χ1n) is 6.01. The summed E-state index contributed by atoms with van der Waals surface area (Å²) in [5, 5.41) is 4.00. The van der Waals surface area contributed by atoms with E-state index in [0.29, 0.717) is 6.42 Å². The van der Waals surface area contributed by atoms with Gasteiger partial charge in [-0.05, 0) is 12.5 Å². The van der Waals surface area contributed by atoms with Crippen LogP contribution in [0, 0.1) is 0 Å². The van der Waals surface area contributed by atoms with Crippen LogP contribution in [0.1, 0.15) is 12.0 Å². The molecule has 1 aromatic heterocycles. The Morgan fingerprint density at radius 3 is 2.84 bits per heavy atom. The molecule has 2 heterocycles. The van der Waals surface area contributed by atoms with E-state index in [0.717, 1.165) is 5.56 Å². The van der Waals surface area contributed by atoms with Gasteiger partial charge in [-0.1, -0.05) is 0 Å². The molecular formula is C12H17N3O3S. The molecule has 1 aliphatic rings. The van der Waals surface area contributed by atoms with Crippen LogP contribution in [-0.4, -0.2) is 53.6 Å². The molecule has 0 aromatic carbocycles. The lowest BCUT2D eigenvalue weighted by molar-refractivity contribution is -0.126. The van der Waals surface area contributed by atoms with Crippen molar-refractivity contribution >= 4 is 21.8 Å². The lowest BCUT2D eigenvalue weighted by Gasteiger charge is -2.21. The second kappa shape index (κ2) is 5.16. The summed E-state index contributed by atoms with van der Waals surface area (Å²) >= 11 is 0. The molecule has 1 amide bonds. The molecule has 19 heavy (non-hydrogen) atoms. The molecule has 6 nitrogen and oxygen atoms in total. The largest absolute Gasteiger partial charge is 0.338 e. The SMILES string of the molecule is CN(C(=O)/C=C/c1cnn(C)c1)C1CCS(=O)(=O)C1. The number of hydrogen-bond acceptors (Lipinski definition) is 4. The van der Waals surface area contributed by atoms with Gasteiger partial charge in [-0.25, -0.2) is 8.42 Å². The van der Waals surface area contributed by atoms with Gasteiger partial charge in [0.25, 0.3) is 0 Å². The van der Waals surface area contributed by atoms with Crippen molar-refractivity contribution < 1.29 is 13.2 Å². The lowest BCUT2D eigenvalue weighted by Crippen LogP contribution is -2.36. The zero-order chi connectivity index (χ0) is 14.0. The summed E-state index contributed by atoms with van der Waals surface area (Å²) in [6.07, 6.45) is 7.09. The van der Waals surface area contributed by atoms with Crippen molar-refractivity contribution in [2.24, 2.45) is 7.05 Å². The lowest BCUT2D eigenvalue weighted by atomic mass is 10.2. The molecule has 1 atom stereocenters. The normalized spacial score (nSPS) is 21.9. The minimum atomic E-state index is -2.97. The molecule has 0 aliphatic carbocycles. The molecule has 1 aromatic rings. The Hall–Kier alpha value is -1.63. The topological polar surface area (TPSA) is 72.3 Å². The van der Waals surface area contributed by atoms with Crippen LogP contribution in [0.4, 0.5) is 0 Å². The molecule has 1 saturated heterocycles. The minimum absolute atomic E-state index is 0.0654. The monoisotopic (exact) mass is 283 g/mol. The zero-order valence-electron chi connectivity index (χ0n) is 11.0. The fourth-order valence-corrected chi connectivity index (χ4v) is 3.85. The summed E-state index contributed by atoms with van der Waals surface area (Å²) in [6, 6.07) is -0.212. The van der Waals surface area contributed by atoms with Crippen molar-refractivity contribution in [3.63, 3.8) is 0 Å². The maximum atomic E-state index is 11.9. The van der Waals surface area contributed by atoms with E-state index >= 15 is 0 Å². The van der Waals surface area contributed by atoms with E-state index in [-0.39, 0.29) is 23.5 Å². The summed E-state index contributed by atoms with van der Waals surface area (Å²) in [6.45, 7) is 0. The van der Waals surface area contributed by atoms with Crippen molar-refractivity contribution in [3.05, 3.63) is 24.0 Å². The number of amides is 1. The van der Waals surface area contributed by atoms with Gasteiger partial charge in [-0.15, -0.1) is 0 Å². The van der Waals surface area contributed by atoms with E-state index < -0.39 is 9.84 Å². The van der Waals surface area contributed by atoms with Crippen molar-refractivity contribution in [1.82, 2.24) is 14.7 Å². The molecule has 7 heteroatoms. The van der Waals surface area contributed by atoms with Crippen LogP contribution in [0.25, 0.3) is 6.08 Å². The van der Waals surface area contributed by atoms with E-state index in [1.807, 2.05) is 0 Å². The maximum Gasteiger partial charge on any atom is 0.246 e. The van der Waals surface area contributed by atoms with Gasteiger partial charge in [0.2, 0.25) is 5.91 Å². The second-order valence-corrected chi connectivity index (χ2v) is 7.02. The highest BCUT2D eigenvalue weighted by Gasteiger charge is 2.31. The van der Waals surface area contributed by atoms with Crippen LogP contribution in [0.2, 0.25) is 0 Å². The second-order valence-electron chi connectivity index (χ2n) is 4.79. The molecule has 1 aliphatic heterocycles. The van der Waals surface area contributed by atoms with Crippen LogP contribution < -0.4 is 0 Å². The summed E-state index contributed by atoms with van der Waals surface area (Å²) < 4.78 is 24.4. The number of hydrogen-bond donors (Lipinski definition) is 0. The number of nitrogens with zero attached hydrogens (tertiary/aromatic N) is 3. The number of sulfone groups is 1. The van der Waals surface area contributed by atoms with E-state index in [2.05, 4.69) is 5.10 Å². The van der Waals surface area contributed by atoms with Gasteiger partial charge in [-0.2, -0.15) is 5.10 Å². The molecule has 104 valence electrons. The number of carbonyl (C=O) groups excluding carboxylic acids is 1. The first kappa shape index (κ1) is 13.8. The van der Waals surface area contributed by atoms with E-state index in [4.69, 9.17) is 0 Å². The fourth-order valence-electron chi connectivity index (χ4n) is 2.07. The van der Waals surface area contributed by atoms with Crippen molar-refractivity contribution in [2.75, 3.05) is 18.6 Å². The van der Waals surface area contributed by atoms with E-state index in [1.54, 1.807) is 37.2 Å². The van der Waals surface area contributed by atoms with Gasteiger partial charge >= 0.3 is 0 Å². The van der Waals surface area contributed by atoms with Gasteiger partial charge < -0.3 is 4.90 Å². The molecule has 0 N–H and O–H groups in total. The Kier molecular flexibility index (Phi) is 3.75. The predicted molar refractivity (Wildman–Crippen MR) is 72.1 cm³/mol. The van der Waals surface area contributed by atoms with Gasteiger partial charge in [0.15, 0.2) is 9.84 Å². The highest BCUT2D eigenvalue weighted by atomic mass is 32.2. The molecule has 0 bridgehead atoms. The highest BCUT2D eigenvalue weighted by Crippen LogP contribution is 2.16. The summed E-state index contributed by atoms with van der Waals surface area (Å²) in [5.74, 6) is 0.0448. The molecule has 0 radical (unpaired) electrons. The number of carbonyl (C=O) groups is 1. The quantitative estimate of drug-likeness (QED) is 0.736. The molecule has 0 spiro atoms. The Morgan fingerprint density at radius 1 is 1.58 bits per heavy atom. The molecule has 1 fully saturated rings. The standard InChI is InChI=1S/C12H17N3O3S/c1-14-8-10(7-13-14)3-4-12(16)15(2)11-5-6-19(17,18)9-11/h3-4,7-8,11H,5-6,9H2,1-2H3/b4-3+. The van der Waals surface area contributed by atoms with Gasteiger partial charge in [-0.3, -0.25) is 9.48 Å². The molecule has 0 saturated carbocycles. The van der Waals surface area contributed by atoms with E-state index in [1.165, 1.54) is 11.0 Å². The van der Waals surface area contributed by atoms with Crippen LogP contribution >= 0.6 is 0 Å². The number of aromatic nitrogens is 2. The fraction of sp³-hybridized carbons (Fsp3) is 0.500. The Labute approximate surface area is 112 Å². The zero-order valence-corrected chi connectivity index (χ0v) is 11.8. The third kappa shape index (κ3) is 3.44. The van der Waals surface area contributed by atoms with Crippen LogP contribution in [0.3, 0.4) is 0 Å². The summed E-state index contributed by atoms with van der Waals surface area (Å²) in [4.78, 5) is 13.4. The predicted octanol–water partition coefficient (Wildman–Crippen LogP) is 0.0788. The Balaban J connectivity index is 1.98. The van der Waals surface area contributed by atoms with E-state index in [9.17, 15) is 13.2 Å². The molecule has 2 rings (SSSR count). The number of likely N-dealkylation sites (N-methyl/N-ethyl adjacent to an activating group) is 1. The summed E-state index contributed by atoms with van der Waals surface area (Å²) in [5.41, 5.74) is 0.836. The smallest absolute Gasteiger partial charge is 0.246 e. The van der Waals surface area contributed by atoms with Gasteiger partial charge in [0.1, 0.15) is 0 Å². The van der Waals surface area contributed by atoms with Crippen molar-refractivity contribution in [3.8, 4) is 0 Å². The molecule has 1 unspecified atom stereocenters. The Morgan fingerprint density at radius 2 is 2.32 bits per heavy atom. The van der Waals surface area contributed by atoms with Gasteiger partial charge in [0.05, 0.1) is 17.7 Å². The highest BCUT2D eigenvalue weighted by molar-refractivity contribution is 7.91. The first-order chi connectivity index (χ1) is 8.87. The average Bonchev–Trinajstić information content (AvgIpc) is 2.91. The third-order valence-corrected chi connectivity index (χ3v) is 5.00. The average molecular weight is 283 g/mol. The molecular weight excluding hydrogens is 266 g/mol. The number of rotatable bonds is 3.